The largest absolute Gasteiger partial charge is 0.394 e. The SMILES string of the molecule is N#C/C=C1/C=C[C@@H](O)C[C@@H]1O[C@@H]1O[C@H](CO)[C@@H](O)[C@H](O)[C@H]1O. The first kappa shape index (κ1) is 17.1. The second-order valence-electron chi connectivity index (χ2n) is 5.26. The number of ether oxygens (including phenoxy) is 2. The van der Waals surface area contributed by atoms with Crippen molar-refractivity contribution < 1.29 is 35.0 Å². The molecule has 0 bridgehead atoms. The van der Waals surface area contributed by atoms with E-state index in [-0.39, 0.29) is 6.42 Å². The normalized spacial score (nSPS) is 44.0. The lowest BCUT2D eigenvalue weighted by molar-refractivity contribution is -0.309. The Balaban J connectivity index is 2.12. The van der Waals surface area contributed by atoms with Crippen molar-refractivity contribution in [1.29, 1.82) is 5.26 Å². The zero-order chi connectivity index (χ0) is 16.3. The van der Waals surface area contributed by atoms with Crippen molar-refractivity contribution in [3.8, 4) is 6.07 Å². The summed E-state index contributed by atoms with van der Waals surface area (Å²) in [5.74, 6) is 0. The fourth-order valence-electron chi connectivity index (χ4n) is 2.45. The summed E-state index contributed by atoms with van der Waals surface area (Å²) in [5, 5.41) is 56.9. The molecule has 0 spiro atoms. The van der Waals surface area contributed by atoms with Crippen LogP contribution in [0.3, 0.4) is 0 Å². The lowest BCUT2D eigenvalue weighted by Gasteiger charge is -2.41. The van der Waals surface area contributed by atoms with Crippen LogP contribution in [0.2, 0.25) is 0 Å². The van der Waals surface area contributed by atoms with Crippen LogP contribution in [-0.4, -0.2) is 75.1 Å². The number of allylic oxidation sites excluding steroid dienone is 1. The van der Waals surface area contributed by atoms with Gasteiger partial charge in [0.15, 0.2) is 6.29 Å². The third-order valence-corrected chi connectivity index (χ3v) is 3.72. The number of aliphatic hydroxyl groups is 5. The van der Waals surface area contributed by atoms with Crippen LogP contribution in [-0.2, 0) is 9.47 Å². The number of nitrogens with zero attached hydrogens (tertiary/aromatic N) is 1. The number of nitriles is 1. The van der Waals surface area contributed by atoms with Gasteiger partial charge in [0, 0.05) is 12.5 Å². The van der Waals surface area contributed by atoms with Gasteiger partial charge in [0.2, 0.25) is 0 Å². The van der Waals surface area contributed by atoms with Crippen molar-refractivity contribution in [2.75, 3.05) is 6.61 Å². The van der Waals surface area contributed by atoms with E-state index in [0.29, 0.717) is 5.57 Å². The van der Waals surface area contributed by atoms with Crippen molar-refractivity contribution in [3.05, 3.63) is 23.8 Å². The molecule has 0 saturated carbocycles. The first-order chi connectivity index (χ1) is 10.5. The molecule has 2 rings (SSSR count). The molecule has 7 atom stereocenters. The highest BCUT2D eigenvalue weighted by Gasteiger charge is 2.45. The molecule has 2 aliphatic rings. The van der Waals surface area contributed by atoms with Gasteiger partial charge >= 0.3 is 0 Å². The molecule has 1 heterocycles. The van der Waals surface area contributed by atoms with Gasteiger partial charge in [-0.05, 0) is 5.57 Å². The minimum Gasteiger partial charge on any atom is -0.394 e. The van der Waals surface area contributed by atoms with Gasteiger partial charge in [-0.15, -0.1) is 0 Å². The van der Waals surface area contributed by atoms with E-state index in [1.807, 2.05) is 6.07 Å². The first-order valence-corrected chi connectivity index (χ1v) is 6.89. The lowest BCUT2D eigenvalue weighted by atomic mass is 9.95. The molecule has 0 unspecified atom stereocenters. The van der Waals surface area contributed by atoms with Gasteiger partial charge in [-0.3, -0.25) is 0 Å². The van der Waals surface area contributed by atoms with Gasteiger partial charge in [-0.2, -0.15) is 5.26 Å². The molecule has 0 aromatic heterocycles. The van der Waals surface area contributed by atoms with Crippen LogP contribution in [0.15, 0.2) is 23.8 Å². The number of hydrogen-bond donors (Lipinski definition) is 5. The van der Waals surface area contributed by atoms with E-state index in [2.05, 4.69) is 0 Å². The molecule has 5 N–H and O–H groups in total. The fraction of sp³-hybridized carbons (Fsp3) is 0.643. The zero-order valence-electron chi connectivity index (χ0n) is 11.7. The van der Waals surface area contributed by atoms with Gasteiger partial charge in [-0.25, -0.2) is 0 Å². The zero-order valence-corrected chi connectivity index (χ0v) is 11.7. The van der Waals surface area contributed by atoms with Crippen LogP contribution < -0.4 is 0 Å². The lowest BCUT2D eigenvalue weighted by Crippen LogP contribution is -2.59. The number of hydrogen-bond acceptors (Lipinski definition) is 8. The summed E-state index contributed by atoms with van der Waals surface area (Å²) >= 11 is 0. The van der Waals surface area contributed by atoms with Crippen molar-refractivity contribution in [3.63, 3.8) is 0 Å². The first-order valence-electron chi connectivity index (χ1n) is 6.89. The molecule has 1 saturated heterocycles. The predicted octanol–water partition coefficient (Wildman–Crippen LogP) is -2.06. The molecule has 0 radical (unpaired) electrons. The Kier molecular flexibility index (Phi) is 5.66. The van der Waals surface area contributed by atoms with E-state index in [4.69, 9.17) is 19.8 Å². The van der Waals surface area contributed by atoms with Gasteiger partial charge < -0.3 is 35.0 Å². The fourth-order valence-corrected chi connectivity index (χ4v) is 2.45. The highest BCUT2D eigenvalue weighted by Crippen LogP contribution is 2.28. The van der Waals surface area contributed by atoms with E-state index in [1.54, 1.807) is 0 Å². The molecular formula is C14H19NO7. The second-order valence-corrected chi connectivity index (χ2v) is 5.26. The van der Waals surface area contributed by atoms with Crippen molar-refractivity contribution in [2.24, 2.45) is 0 Å². The average molecular weight is 313 g/mol. The van der Waals surface area contributed by atoms with Crippen LogP contribution >= 0.6 is 0 Å². The predicted molar refractivity (Wildman–Crippen MR) is 72.1 cm³/mol. The third-order valence-electron chi connectivity index (χ3n) is 3.72. The number of aliphatic hydroxyl groups excluding tert-OH is 5. The standard InChI is InChI=1S/C14H19NO7/c15-4-3-7-1-2-8(17)5-9(7)21-14-13(20)12(19)11(18)10(6-16)22-14/h1-3,8-14,16-20H,5-6H2/b7-3-/t8-,9+,10-,11-,12+,13-,14-/m1/s1. The van der Waals surface area contributed by atoms with Crippen molar-refractivity contribution in [1.82, 2.24) is 0 Å². The molecular weight excluding hydrogens is 294 g/mol. The third kappa shape index (κ3) is 3.53. The summed E-state index contributed by atoms with van der Waals surface area (Å²) in [7, 11) is 0. The Labute approximate surface area is 127 Å². The summed E-state index contributed by atoms with van der Waals surface area (Å²) in [6.45, 7) is -0.557. The summed E-state index contributed by atoms with van der Waals surface area (Å²) in [4.78, 5) is 0. The maximum Gasteiger partial charge on any atom is 0.187 e. The highest BCUT2D eigenvalue weighted by molar-refractivity contribution is 5.32. The topological polar surface area (TPSA) is 143 Å². The maximum atomic E-state index is 9.93. The van der Waals surface area contributed by atoms with E-state index < -0.39 is 49.5 Å². The maximum absolute atomic E-state index is 9.93. The van der Waals surface area contributed by atoms with Crippen LogP contribution in [0.4, 0.5) is 0 Å². The van der Waals surface area contributed by atoms with Crippen LogP contribution in [0.5, 0.6) is 0 Å². The molecule has 1 fully saturated rings. The van der Waals surface area contributed by atoms with E-state index >= 15 is 0 Å². The van der Waals surface area contributed by atoms with Crippen molar-refractivity contribution in [2.45, 2.75) is 49.3 Å². The minimum atomic E-state index is -1.54. The Morgan fingerprint density at radius 3 is 2.64 bits per heavy atom. The minimum absolute atomic E-state index is 0.152. The molecule has 1 aliphatic carbocycles. The molecule has 22 heavy (non-hydrogen) atoms. The van der Waals surface area contributed by atoms with Crippen molar-refractivity contribution >= 4 is 0 Å². The molecule has 122 valence electrons. The molecule has 0 aromatic carbocycles. The van der Waals surface area contributed by atoms with E-state index in [9.17, 15) is 20.4 Å². The van der Waals surface area contributed by atoms with Gasteiger partial charge in [0.05, 0.1) is 24.9 Å². The Hall–Kier alpha value is -1.31. The van der Waals surface area contributed by atoms with Gasteiger partial charge in [-0.1, -0.05) is 12.2 Å². The molecule has 8 nitrogen and oxygen atoms in total. The number of rotatable bonds is 3. The Bertz CT molecular complexity index is 484. The highest BCUT2D eigenvalue weighted by atomic mass is 16.7. The molecule has 8 heteroatoms. The van der Waals surface area contributed by atoms with E-state index in [1.165, 1.54) is 18.2 Å². The van der Waals surface area contributed by atoms with Gasteiger partial charge in [0.25, 0.3) is 0 Å². The van der Waals surface area contributed by atoms with E-state index in [0.717, 1.165) is 0 Å². The van der Waals surface area contributed by atoms with Crippen LogP contribution in [0.25, 0.3) is 0 Å². The summed E-state index contributed by atoms with van der Waals surface area (Å²) in [6, 6.07) is 1.86. The van der Waals surface area contributed by atoms with Gasteiger partial charge in [0.1, 0.15) is 24.4 Å². The average Bonchev–Trinajstić information content (AvgIpc) is 2.50. The molecule has 0 aromatic rings. The molecule has 1 aliphatic heterocycles. The van der Waals surface area contributed by atoms with Crippen LogP contribution in [0, 0.1) is 11.3 Å². The quantitative estimate of drug-likeness (QED) is 0.374. The summed E-state index contributed by atoms with van der Waals surface area (Å²) < 4.78 is 10.8. The Morgan fingerprint density at radius 2 is 2.00 bits per heavy atom. The van der Waals surface area contributed by atoms with Crippen LogP contribution in [0.1, 0.15) is 6.42 Å². The monoisotopic (exact) mass is 313 g/mol. The Morgan fingerprint density at radius 1 is 1.27 bits per heavy atom. The summed E-state index contributed by atoms with van der Waals surface area (Å²) in [6.07, 6.45) is -3.96. The smallest absolute Gasteiger partial charge is 0.187 e. The molecule has 0 amide bonds. The summed E-state index contributed by atoms with van der Waals surface area (Å²) in [5.41, 5.74) is 0.491. The second kappa shape index (κ2) is 7.30.